The van der Waals surface area contributed by atoms with E-state index in [4.69, 9.17) is 0 Å². The van der Waals surface area contributed by atoms with Gasteiger partial charge in [-0.15, -0.1) is 5.10 Å². The minimum atomic E-state index is 0.305. The summed E-state index contributed by atoms with van der Waals surface area (Å²) in [5.41, 5.74) is 4.79. The summed E-state index contributed by atoms with van der Waals surface area (Å²) in [5.74, 6) is 0.305. The van der Waals surface area contributed by atoms with Crippen molar-refractivity contribution < 1.29 is 0 Å². The highest BCUT2D eigenvalue weighted by Crippen LogP contribution is 2.28. The van der Waals surface area contributed by atoms with Crippen LogP contribution >= 0.6 is 0 Å². The molecule has 1 aromatic heterocycles. The van der Waals surface area contributed by atoms with Gasteiger partial charge >= 0.3 is 0 Å². The molecule has 0 aliphatic rings. The lowest BCUT2D eigenvalue weighted by molar-refractivity contribution is 0.593. The molecule has 0 saturated carbocycles. The lowest BCUT2D eigenvalue weighted by Crippen LogP contribution is -2.09. The van der Waals surface area contributed by atoms with Crippen LogP contribution in [0.2, 0.25) is 0 Å². The van der Waals surface area contributed by atoms with Crippen LogP contribution in [0.5, 0.6) is 0 Å². The molecule has 0 radical (unpaired) electrons. The molecule has 0 spiro atoms. The van der Waals surface area contributed by atoms with Crippen molar-refractivity contribution in [2.45, 2.75) is 46.5 Å². The number of benzene rings is 1. The summed E-state index contributed by atoms with van der Waals surface area (Å²) in [6.45, 7) is 8.43. The molecule has 1 heterocycles. The van der Waals surface area contributed by atoms with Gasteiger partial charge in [-0.2, -0.15) is 5.26 Å². The number of aromatic nitrogens is 3. The van der Waals surface area contributed by atoms with Gasteiger partial charge in [-0.05, 0) is 43.9 Å². The Balaban J connectivity index is 2.66. The Labute approximate surface area is 120 Å². The van der Waals surface area contributed by atoms with E-state index in [1.807, 2.05) is 16.8 Å². The molecule has 0 aliphatic carbocycles. The van der Waals surface area contributed by atoms with E-state index in [2.05, 4.69) is 50.1 Å². The first-order chi connectivity index (χ1) is 9.63. The molecule has 0 saturated heterocycles. The number of aryl methyl sites for hydroxylation is 1. The Morgan fingerprint density at radius 1 is 1.25 bits per heavy atom. The zero-order valence-corrected chi connectivity index (χ0v) is 12.5. The SMILES string of the molecule is CCC(CC)c1c(C#N)nnn1-c1cccc(C)c1C. The van der Waals surface area contributed by atoms with Gasteiger partial charge in [0, 0.05) is 5.92 Å². The van der Waals surface area contributed by atoms with Crippen molar-refractivity contribution in [1.82, 2.24) is 15.0 Å². The molecule has 0 aliphatic heterocycles. The average Bonchev–Trinajstić information content (AvgIpc) is 2.87. The van der Waals surface area contributed by atoms with Gasteiger partial charge in [-0.1, -0.05) is 31.2 Å². The smallest absolute Gasteiger partial charge is 0.186 e. The summed E-state index contributed by atoms with van der Waals surface area (Å²) in [5, 5.41) is 17.5. The van der Waals surface area contributed by atoms with Crippen LogP contribution in [-0.2, 0) is 0 Å². The zero-order valence-electron chi connectivity index (χ0n) is 12.5. The third-order valence-corrected chi connectivity index (χ3v) is 3.99. The Kier molecular flexibility index (Phi) is 4.19. The van der Waals surface area contributed by atoms with Crippen molar-refractivity contribution in [1.29, 1.82) is 5.26 Å². The molecule has 0 amide bonds. The summed E-state index contributed by atoms with van der Waals surface area (Å²) in [7, 11) is 0. The summed E-state index contributed by atoms with van der Waals surface area (Å²) < 4.78 is 1.85. The molecule has 104 valence electrons. The summed E-state index contributed by atoms with van der Waals surface area (Å²) in [6, 6.07) is 8.30. The van der Waals surface area contributed by atoms with E-state index < -0.39 is 0 Å². The molecule has 20 heavy (non-hydrogen) atoms. The van der Waals surface area contributed by atoms with Gasteiger partial charge in [0.2, 0.25) is 0 Å². The van der Waals surface area contributed by atoms with Crippen LogP contribution < -0.4 is 0 Å². The topological polar surface area (TPSA) is 54.5 Å². The van der Waals surface area contributed by atoms with E-state index in [-0.39, 0.29) is 0 Å². The fourth-order valence-corrected chi connectivity index (χ4v) is 2.55. The minimum Gasteiger partial charge on any atom is -0.216 e. The second-order valence-electron chi connectivity index (χ2n) is 5.08. The van der Waals surface area contributed by atoms with E-state index in [1.165, 1.54) is 11.1 Å². The highest BCUT2D eigenvalue weighted by atomic mass is 15.4. The van der Waals surface area contributed by atoms with E-state index in [1.54, 1.807) is 0 Å². The molecular formula is C16H20N4. The van der Waals surface area contributed by atoms with Crippen LogP contribution in [0.1, 0.15) is 55.1 Å². The number of hydrogen-bond acceptors (Lipinski definition) is 3. The van der Waals surface area contributed by atoms with Crippen LogP contribution in [-0.4, -0.2) is 15.0 Å². The number of hydrogen-bond donors (Lipinski definition) is 0. The molecule has 0 N–H and O–H groups in total. The normalized spacial score (nSPS) is 10.8. The van der Waals surface area contributed by atoms with Gasteiger partial charge in [-0.25, -0.2) is 4.68 Å². The first kappa shape index (κ1) is 14.3. The second-order valence-corrected chi connectivity index (χ2v) is 5.08. The van der Waals surface area contributed by atoms with Crippen molar-refractivity contribution in [3.8, 4) is 11.8 Å². The van der Waals surface area contributed by atoms with Gasteiger partial charge in [0.1, 0.15) is 6.07 Å². The lowest BCUT2D eigenvalue weighted by Gasteiger charge is -2.16. The quantitative estimate of drug-likeness (QED) is 0.850. The summed E-state index contributed by atoms with van der Waals surface area (Å²) in [4.78, 5) is 0. The largest absolute Gasteiger partial charge is 0.216 e. The lowest BCUT2D eigenvalue weighted by atomic mass is 9.97. The van der Waals surface area contributed by atoms with Crippen LogP contribution in [0, 0.1) is 25.2 Å². The van der Waals surface area contributed by atoms with Crippen molar-refractivity contribution >= 4 is 0 Å². The number of rotatable bonds is 4. The third-order valence-electron chi connectivity index (χ3n) is 3.99. The maximum absolute atomic E-state index is 9.28. The Morgan fingerprint density at radius 2 is 1.95 bits per heavy atom. The van der Waals surface area contributed by atoms with Crippen LogP contribution in [0.25, 0.3) is 5.69 Å². The first-order valence-electron chi connectivity index (χ1n) is 7.06. The maximum Gasteiger partial charge on any atom is 0.186 e. The minimum absolute atomic E-state index is 0.305. The monoisotopic (exact) mass is 268 g/mol. The van der Waals surface area contributed by atoms with Crippen LogP contribution in [0.4, 0.5) is 0 Å². The molecule has 2 rings (SSSR count). The van der Waals surface area contributed by atoms with Gasteiger partial charge < -0.3 is 0 Å². The molecule has 2 aromatic rings. The Morgan fingerprint density at radius 3 is 2.55 bits per heavy atom. The molecule has 4 nitrogen and oxygen atoms in total. The molecule has 4 heteroatoms. The summed E-state index contributed by atoms with van der Waals surface area (Å²) in [6.07, 6.45) is 1.95. The molecule has 1 aromatic carbocycles. The standard InChI is InChI=1S/C16H20N4/c1-5-13(6-2)16-14(10-17)18-19-20(16)15-9-7-8-11(3)12(15)4/h7-9,13H,5-6H2,1-4H3. The Hall–Kier alpha value is -2.15. The number of nitriles is 1. The van der Waals surface area contributed by atoms with E-state index in [0.717, 1.165) is 24.2 Å². The van der Waals surface area contributed by atoms with Gasteiger partial charge in [-0.3, -0.25) is 0 Å². The van der Waals surface area contributed by atoms with Gasteiger partial charge in [0.05, 0.1) is 11.4 Å². The first-order valence-corrected chi connectivity index (χ1v) is 7.06. The average molecular weight is 268 g/mol. The van der Waals surface area contributed by atoms with Crippen molar-refractivity contribution in [2.75, 3.05) is 0 Å². The Bertz CT molecular complexity index is 645. The predicted molar refractivity (Wildman–Crippen MR) is 78.9 cm³/mol. The van der Waals surface area contributed by atoms with Crippen molar-refractivity contribution in [3.05, 3.63) is 40.7 Å². The fraction of sp³-hybridized carbons (Fsp3) is 0.438. The highest BCUT2D eigenvalue weighted by molar-refractivity contribution is 5.46. The number of nitrogens with zero attached hydrogens (tertiary/aromatic N) is 4. The van der Waals surface area contributed by atoms with Crippen LogP contribution in [0.15, 0.2) is 18.2 Å². The van der Waals surface area contributed by atoms with Crippen molar-refractivity contribution in [2.24, 2.45) is 0 Å². The van der Waals surface area contributed by atoms with Crippen LogP contribution in [0.3, 0.4) is 0 Å². The van der Waals surface area contributed by atoms with Crippen molar-refractivity contribution in [3.63, 3.8) is 0 Å². The zero-order chi connectivity index (χ0) is 14.7. The molecule has 0 bridgehead atoms. The third kappa shape index (κ3) is 2.32. The fourth-order valence-electron chi connectivity index (χ4n) is 2.55. The molecule has 0 atom stereocenters. The van der Waals surface area contributed by atoms with E-state index >= 15 is 0 Å². The van der Waals surface area contributed by atoms with Gasteiger partial charge in [0.25, 0.3) is 0 Å². The molecule has 0 fully saturated rings. The highest BCUT2D eigenvalue weighted by Gasteiger charge is 2.22. The summed E-state index contributed by atoms with van der Waals surface area (Å²) >= 11 is 0. The van der Waals surface area contributed by atoms with E-state index in [9.17, 15) is 5.26 Å². The molecular weight excluding hydrogens is 248 g/mol. The maximum atomic E-state index is 9.28. The predicted octanol–water partition coefficient (Wildman–Crippen LogP) is 3.66. The van der Waals surface area contributed by atoms with E-state index in [0.29, 0.717) is 11.6 Å². The van der Waals surface area contributed by atoms with Gasteiger partial charge in [0.15, 0.2) is 5.69 Å². The molecule has 0 unspecified atom stereocenters. The second kappa shape index (κ2) is 5.87.